The molecule has 4 nitrogen and oxygen atoms in total. The number of thioether (sulfide) groups is 1. The number of carbonyl (C=O) groups is 1. The molecule has 1 atom stereocenters. The van der Waals surface area contributed by atoms with E-state index in [0.717, 1.165) is 22.2 Å². The molecule has 0 aliphatic rings. The number of carbonyl (C=O) groups excluding carboxylic acids is 1. The maximum Gasteiger partial charge on any atom is 0.306 e. The van der Waals surface area contributed by atoms with Gasteiger partial charge in [-0.2, -0.15) is 5.10 Å². The van der Waals surface area contributed by atoms with Gasteiger partial charge in [0.1, 0.15) is 0 Å². The molecule has 0 bridgehead atoms. The summed E-state index contributed by atoms with van der Waals surface area (Å²) in [5.41, 5.74) is 0.837. The van der Waals surface area contributed by atoms with Crippen LogP contribution in [0.5, 0.6) is 0 Å². The lowest BCUT2D eigenvalue weighted by atomic mass is 10.1. The Balaban J connectivity index is 1.73. The van der Waals surface area contributed by atoms with Crippen molar-refractivity contribution in [3.63, 3.8) is 0 Å². The Labute approximate surface area is 146 Å². The van der Waals surface area contributed by atoms with Crippen LogP contribution in [0.3, 0.4) is 0 Å². The second kappa shape index (κ2) is 9.18. The number of nitrogens with zero attached hydrogens (tertiary/aromatic N) is 1. The largest absolute Gasteiger partial charge is 0.465 e. The summed E-state index contributed by atoms with van der Waals surface area (Å²) in [6.07, 6.45) is 5.60. The third-order valence-corrected chi connectivity index (χ3v) is 5.23. The first kappa shape index (κ1) is 18.1. The van der Waals surface area contributed by atoms with E-state index in [1.807, 2.05) is 12.1 Å². The molecule has 0 amide bonds. The van der Waals surface area contributed by atoms with Crippen molar-refractivity contribution in [3.05, 3.63) is 23.4 Å². The Bertz CT molecular complexity index is 645. The number of esters is 1. The van der Waals surface area contributed by atoms with Crippen molar-refractivity contribution in [2.75, 3.05) is 12.4 Å². The molecular weight excluding hydrogens is 332 g/mol. The maximum absolute atomic E-state index is 11.8. The van der Waals surface area contributed by atoms with E-state index < -0.39 is 0 Å². The van der Waals surface area contributed by atoms with Crippen molar-refractivity contribution < 1.29 is 9.53 Å². The van der Waals surface area contributed by atoms with Gasteiger partial charge < -0.3 is 4.74 Å². The lowest BCUT2D eigenvalue weighted by Gasteiger charge is -2.11. The number of ether oxygens (including phenoxy) is 1. The number of rotatable bonds is 9. The number of aromatic nitrogens is 2. The molecule has 1 heterocycles. The molecule has 23 heavy (non-hydrogen) atoms. The van der Waals surface area contributed by atoms with Crippen LogP contribution in [0.4, 0.5) is 0 Å². The van der Waals surface area contributed by atoms with E-state index in [2.05, 4.69) is 24.0 Å². The fraction of sp³-hybridized carbons (Fsp3) is 0.529. The summed E-state index contributed by atoms with van der Waals surface area (Å²) < 4.78 is 5.33. The first-order chi connectivity index (χ1) is 11.1. The number of hydrogen-bond donors (Lipinski definition) is 1. The predicted octanol–water partition coefficient (Wildman–Crippen LogP) is 5.07. The fourth-order valence-electron chi connectivity index (χ4n) is 2.26. The second-order valence-corrected chi connectivity index (χ2v) is 7.26. The van der Waals surface area contributed by atoms with Gasteiger partial charge in [0.25, 0.3) is 0 Å². The van der Waals surface area contributed by atoms with E-state index >= 15 is 0 Å². The topological polar surface area (TPSA) is 55.0 Å². The second-order valence-electron chi connectivity index (χ2n) is 5.74. The van der Waals surface area contributed by atoms with Crippen LogP contribution in [0.2, 0.25) is 5.02 Å². The highest BCUT2D eigenvalue weighted by atomic mass is 35.5. The SMILES string of the molecule is CCCCC(C)COC(=O)CCSc1ccc2cn[nH]c2c1Cl. The highest BCUT2D eigenvalue weighted by molar-refractivity contribution is 7.99. The molecule has 1 aromatic carbocycles. The Morgan fingerprint density at radius 3 is 3.09 bits per heavy atom. The molecule has 0 aliphatic carbocycles. The number of nitrogens with one attached hydrogen (secondary N) is 1. The summed E-state index contributed by atoms with van der Waals surface area (Å²) in [5.74, 6) is 0.949. The maximum atomic E-state index is 11.8. The smallest absolute Gasteiger partial charge is 0.306 e. The number of aromatic amines is 1. The van der Waals surface area contributed by atoms with E-state index in [9.17, 15) is 4.79 Å². The van der Waals surface area contributed by atoms with Crippen LogP contribution in [0.1, 0.15) is 39.5 Å². The van der Waals surface area contributed by atoms with Crippen molar-refractivity contribution in [2.45, 2.75) is 44.4 Å². The predicted molar refractivity (Wildman–Crippen MR) is 96.1 cm³/mol. The molecule has 0 radical (unpaired) electrons. The number of unbranched alkanes of at least 4 members (excludes halogenated alkanes) is 1. The number of halogens is 1. The number of hydrogen-bond acceptors (Lipinski definition) is 4. The third-order valence-electron chi connectivity index (χ3n) is 3.66. The van der Waals surface area contributed by atoms with Crippen LogP contribution >= 0.6 is 23.4 Å². The lowest BCUT2D eigenvalue weighted by molar-refractivity contribution is -0.144. The van der Waals surface area contributed by atoms with Crippen molar-refractivity contribution >= 4 is 40.2 Å². The Morgan fingerprint density at radius 2 is 2.30 bits per heavy atom. The molecule has 126 valence electrons. The van der Waals surface area contributed by atoms with Gasteiger partial charge in [0.05, 0.1) is 29.8 Å². The van der Waals surface area contributed by atoms with Crippen molar-refractivity contribution in [2.24, 2.45) is 5.92 Å². The Hall–Kier alpha value is -1.20. The average molecular weight is 355 g/mol. The first-order valence-electron chi connectivity index (χ1n) is 8.01. The van der Waals surface area contributed by atoms with Crippen molar-refractivity contribution in [1.29, 1.82) is 0 Å². The zero-order valence-electron chi connectivity index (χ0n) is 13.6. The molecule has 6 heteroatoms. The number of H-pyrrole nitrogens is 1. The normalized spacial score (nSPS) is 12.5. The summed E-state index contributed by atoms with van der Waals surface area (Å²) in [6.45, 7) is 4.81. The zero-order valence-corrected chi connectivity index (χ0v) is 15.2. The van der Waals surface area contributed by atoms with Crippen LogP contribution in [-0.2, 0) is 9.53 Å². The fourth-order valence-corrected chi connectivity index (χ4v) is 3.52. The van der Waals surface area contributed by atoms with Gasteiger partial charge in [-0.05, 0) is 24.5 Å². The minimum absolute atomic E-state index is 0.139. The van der Waals surface area contributed by atoms with Crippen LogP contribution in [0.25, 0.3) is 10.9 Å². The van der Waals surface area contributed by atoms with Gasteiger partial charge >= 0.3 is 5.97 Å². The molecule has 2 aromatic rings. The molecule has 0 saturated heterocycles. The zero-order chi connectivity index (χ0) is 16.7. The summed E-state index contributed by atoms with van der Waals surface area (Å²) in [7, 11) is 0. The first-order valence-corrected chi connectivity index (χ1v) is 9.38. The molecular formula is C17H23ClN2O2S. The van der Waals surface area contributed by atoms with E-state index in [-0.39, 0.29) is 5.97 Å². The van der Waals surface area contributed by atoms with Gasteiger partial charge in [-0.25, -0.2) is 0 Å². The molecule has 0 fully saturated rings. The van der Waals surface area contributed by atoms with Crippen molar-refractivity contribution in [3.8, 4) is 0 Å². The molecule has 0 saturated carbocycles. The average Bonchev–Trinajstić information content (AvgIpc) is 3.02. The standard InChI is InChI=1S/C17H23ClN2O2S/c1-3-4-5-12(2)11-22-15(21)8-9-23-14-7-6-13-10-19-20-17(13)16(14)18/h6-7,10,12H,3-5,8-9,11H2,1-2H3,(H,19,20). The van der Waals surface area contributed by atoms with Gasteiger partial charge in [0, 0.05) is 16.0 Å². The number of fused-ring (bicyclic) bond motifs is 1. The Morgan fingerprint density at radius 1 is 1.48 bits per heavy atom. The molecule has 1 N–H and O–H groups in total. The van der Waals surface area contributed by atoms with Gasteiger partial charge in [-0.1, -0.05) is 38.3 Å². The summed E-state index contributed by atoms with van der Waals surface area (Å²) in [5, 5.41) is 8.52. The van der Waals surface area contributed by atoms with E-state index in [1.165, 1.54) is 12.8 Å². The van der Waals surface area contributed by atoms with Gasteiger partial charge in [0.2, 0.25) is 0 Å². The molecule has 1 unspecified atom stereocenters. The summed E-state index contributed by atoms with van der Waals surface area (Å²) in [6, 6.07) is 3.93. The number of benzene rings is 1. The molecule has 2 rings (SSSR count). The van der Waals surface area contributed by atoms with Crippen LogP contribution in [0, 0.1) is 5.92 Å². The Kier molecular flexibility index (Phi) is 7.24. The third kappa shape index (κ3) is 5.43. The summed E-state index contributed by atoms with van der Waals surface area (Å²) >= 11 is 7.90. The van der Waals surface area contributed by atoms with Gasteiger partial charge in [0.15, 0.2) is 0 Å². The molecule has 0 aliphatic heterocycles. The van der Waals surface area contributed by atoms with Crippen LogP contribution < -0.4 is 0 Å². The molecule has 1 aromatic heterocycles. The highest BCUT2D eigenvalue weighted by Gasteiger charge is 2.10. The van der Waals surface area contributed by atoms with Gasteiger partial charge in [-0.15, -0.1) is 11.8 Å². The summed E-state index contributed by atoms with van der Waals surface area (Å²) in [4.78, 5) is 12.7. The minimum Gasteiger partial charge on any atom is -0.465 e. The van der Waals surface area contributed by atoms with Crippen LogP contribution in [-0.4, -0.2) is 28.5 Å². The quantitative estimate of drug-likeness (QED) is 0.504. The monoisotopic (exact) mass is 354 g/mol. The van der Waals surface area contributed by atoms with E-state index in [4.69, 9.17) is 16.3 Å². The minimum atomic E-state index is -0.139. The van der Waals surface area contributed by atoms with Crippen LogP contribution in [0.15, 0.2) is 23.2 Å². The van der Waals surface area contributed by atoms with Gasteiger partial charge in [-0.3, -0.25) is 9.89 Å². The molecule has 0 spiro atoms. The lowest BCUT2D eigenvalue weighted by Crippen LogP contribution is -2.12. The van der Waals surface area contributed by atoms with Crippen molar-refractivity contribution in [1.82, 2.24) is 10.2 Å². The van der Waals surface area contributed by atoms with E-state index in [0.29, 0.717) is 29.7 Å². The highest BCUT2D eigenvalue weighted by Crippen LogP contribution is 2.32. The van der Waals surface area contributed by atoms with E-state index in [1.54, 1.807) is 18.0 Å².